The van der Waals surface area contributed by atoms with Crippen molar-refractivity contribution in [3.05, 3.63) is 88.5 Å². The second-order valence-corrected chi connectivity index (χ2v) is 6.78. The van der Waals surface area contributed by atoms with Crippen LogP contribution in [0.25, 0.3) is 0 Å². The Kier molecular flexibility index (Phi) is 5.90. The SMILES string of the molecule is C#CCN(Cc1ccc(F)cc1)C(=O)c1cccc(Cn2nc(C)cc2C)c1. The summed E-state index contributed by atoms with van der Waals surface area (Å²) in [4.78, 5) is 14.6. The van der Waals surface area contributed by atoms with Crippen LogP contribution in [0.3, 0.4) is 0 Å². The van der Waals surface area contributed by atoms with Crippen molar-refractivity contribution in [1.29, 1.82) is 0 Å². The van der Waals surface area contributed by atoms with Crippen LogP contribution in [0.1, 0.15) is 32.9 Å². The number of hydrogen-bond donors (Lipinski definition) is 0. The van der Waals surface area contributed by atoms with Crippen LogP contribution in [-0.4, -0.2) is 27.1 Å². The van der Waals surface area contributed by atoms with E-state index in [-0.39, 0.29) is 18.3 Å². The van der Waals surface area contributed by atoms with Crippen LogP contribution in [0.4, 0.5) is 4.39 Å². The molecule has 0 aliphatic heterocycles. The molecule has 0 fully saturated rings. The predicted octanol–water partition coefficient (Wildman–Crippen LogP) is 3.96. The second-order valence-electron chi connectivity index (χ2n) is 6.78. The van der Waals surface area contributed by atoms with Gasteiger partial charge in [-0.3, -0.25) is 9.48 Å². The fourth-order valence-corrected chi connectivity index (χ4v) is 3.11. The van der Waals surface area contributed by atoms with E-state index in [1.807, 2.05) is 42.8 Å². The van der Waals surface area contributed by atoms with E-state index in [0.29, 0.717) is 18.7 Å². The van der Waals surface area contributed by atoms with Gasteiger partial charge >= 0.3 is 0 Å². The van der Waals surface area contributed by atoms with E-state index in [0.717, 1.165) is 22.5 Å². The van der Waals surface area contributed by atoms with Gasteiger partial charge < -0.3 is 4.90 Å². The molecule has 0 aliphatic carbocycles. The Morgan fingerprint density at radius 2 is 1.89 bits per heavy atom. The van der Waals surface area contributed by atoms with Crippen molar-refractivity contribution in [2.75, 3.05) is 6.54 Å². The van der Waals surface area contributed by atoms with Crippen molar-refractivity contribution in [2.45, 2.75) is 26.9 Å². The van der Waals surface area contributed by atoms with Gasteiger partial charge in [-0.05, 0) is 55.3 Å². The number of terminal acetylenes is 1. The molecule has 1 amide bonds. The number of hydrogen-bond acceptors (Lipinski definition) is 2. The van der Waals surface area contributed by atoms with Crippen molar-refractivity contribution < 1.29 is 9.18 Å². The highest BCUT2D eigenvalue weighted by Gasteiger charge is 2.16. The minimum Gasteiger partial charge on any atom is -0.323 e. The first-order valence-electron chi connectivity index (χ1n) is 9.03. The molecule has 142 valence electrons. The lowest BCUT2D eigenvalue weighted by atomic mass is 10.1. The van der Waals surface area contributed by atoms with Crippen molar-refractivity contribution in [3.8, 4) is 12.3 Å². The lowest BCUT2D eigenvalue weighted by molar-refractivity contribution is 0.0765. The van der Waals surface area contributed by atoms with Gasteiger partial charge in [-0.1, -0.05) is 30.2 Å². The maximum atomic E-state index is 13.1. The standard InChI is InChI=1S/C23H22FN3O/c1-4-12-26(15-19-8-10-22(24)11-9-19)23(28)21-7-5-6-20(14-21)16-27-18(3)13-17(2)25-27/h1,5-11,13-14H,12,15-16H2,2-3H3. The molecule has 2 aromatic carbocycles. The van der Waals surface area contributed by atoms with Crippen molar-refractivity contribution in [1.82, 2.24) is 14.7 Å². The van der Waals surface area contributed by atoms with Crippen LogP contribution in [-0.2, 0) is 13.1 Å². The molecule has 1 heterocycles. The molecular formula is C23H22FN3O. The molecule has 3 rings (SSSR count). The molecule has 0 unspecified atom stereocenters. The smallest absolute Gasteiger partial charge is 0.254 e. The third-order valence-corrected chi connectivity index (χ3v) is 4.47. The normalized spacial score (nSPS) is 10.5. The molecule has 0 saturated heterocycles. The van der Waals surface area contributed by atoms with Gasteiger partial charge in [0.1, 0.15) is 5.82 Å². The molecule has 0 atom stereocenters. The van der Waals surface area contributed by atoms with Crippen LogP contribution in [0.5, 0.6) is 0 Å². The van der Waals surface area contributed by atoms with Gasteiger partial charge in [0, 0.05) is 17.8 Å². The van der Waals surface area contributed by atoms with E-state index in [2.05, 4.69) is 11.0 Å². The molecule has 0 N–H and O–H groups in total. The summed E-state index contributed by atoms with van der Waals surface area (Å²) in [5.74, 6) is 2.07. The number of rotatable bonds is 6. The van der Waals surface area contributed by atoms with Gasteiger partial charge in [0.25, 0.3) is 5.91 Å². The Morgan fingerprint density at radius 3 is 2.54 bits per heavy atom. The molecule has 0 aliphatic rings. The maximum Gasteiger partial charge on any atom is 0.254 e. The molecule has 0 radical (unpaired) electrons. The summed E-state index contributed by atoms with van der Waals surface area (Å²) in [6.45, 7) is 5.06. The van der Waals surface area contributed by atoms with E-state index in [9.17, 15) is 9.18 Å². The fourth-order valence-electron chi connectivity index (χ4n) is 3.11. The largest absolute Gasteiger partial charge is 0.323 e. The minimum absolute atomic E-state index is 0.155. The number of nitrogens with zero attached hydrogens (tertiary/aromatic N) is 3. The Labute approximate surface area is 164 Å². The molecule has 1 aromatic heterocycles. The van der Waals surface area contributed by atoms with Gasteiger partial charge in [0.2, 0.25) is 0 Å². The number of carbonyl (C=O) groups is 1. The highest BCUT2D eigenvalue weighted by molar-refractivity contribution is 5.94. The Balaban J connectivity index is 1.80. The first kappa shape index (κ1) is 19.4. The minimum atomic E-state index is -0.310. The highest BCUT2D eigenvalue weighted by Crippen LogP contribution is 2.14. The number of carbonyl (C=O) groups excluding carboxylic acids is 1. The fraction of sp³-hybridized carbons (Fsp3) is 0.217. The van der Waals surface area contributed by atoms with Gasteiger partial charge in [0.05, 0.1) is 18.8 Å². The Morgan fingerprint density at radius 1 is 1.14 bits per heavy atom. The van der Waals surface area contributed by atoms with E-state index < -0.39 is 0 Å². The predicted molar refractivity (Wildman–Crippen MR) is 107 cm³/mol. The van der Waals surface area contributed by atoms with E-state index >= 15 is 0 Å². The van der Waals surface area contributed by atoms with E-state index in [1.165, 1.54) is 12.1 Å². The van der Waals surface area contributed by atoms with Crippen molar-refractivity contribution >= 4 is 5.91 Å². The third kappa shape index (κ3) is 4.66. The summed E-state index contributed by atoms with van der Waals surface area (Å²) in [5, 5.41) is 4.47. The zero-order chi connectivity index (χ0) is 20.1. The van der Waals surface area contributed by atoms with Gasteiger partial charge in [-0.25, -0.2) is 4.39 Å². The summed E-state index contributed by atoms with van der Waals surface area (Å²) in [6.07, 6.45) is 5.46. The summed E-state index contributed by atoms with van der Waals surface area (Å²) in [5.41, 5.74) is 4.41. The van der Waals surface area contributed by atoms with Crippen LogP contribution >= 0.6 is 0 Å². The third-order valence-electron chi connectivity index (χ3n) is 4.47. The van der Waals surface area contributed by atoms with E-state index in [4.69, 9.17) is 6.42 Å². The average Bonchev–Trinajstić information content (AvgIpc) is 2.99. The highest BCUT2D eigenvalue weighted by atomic mass is 19.1. The number of aryl methyl sites for hydroxylation is 2. The first-order chi connectivity index (χ1) is 13.5. The zero-order valence-corrected chi connectivity index (χ0v) is 16.0. The summed E-state index contributed by atoms with van der Waals surface area (Å²) in [7, 11) is 0. The van der Waals surface area contributed by atoms with Crippen molar-refractivity contribution in [3.63, 3.8) is 0 Å². The number of benzene rings is 2. The van der Waals surface area contributed by atoms with Crippen LogP contribution in [0, 0.1) is 32.0 Å². The zero-order valence-electron chi connectivity index (χ0n) is 16.0. The van der Waals surface area contributed by atoms with Crippen LogP contribution in [0.2, 0.25) is 0 Å². The molecule has 3 aromatic rings. The molecule has 4 nitrogen and oxygen atoms in total. The number of halogens is 1. The lowest BCUT2D eigenvalue weighted by Gasteiger charge is -2.21. The quantitative estimate of drug-likeness (QED) is 0.612. The van der Waals surface area contributed by atoms with Crippen LogP contribution < -0.4 is 0 Å². The molecular weight excluding hydrogens is 353 g/mol. The summed E-state index contributed by atoms with van der Waals surface area (Å²) < 4.78 is 15.0. The molecule has 5 heteroatoms. The summed E-state index contributed by atoms with van der Waals surface area (Å²) >= 11 is 0. The van der Waals surface area contributed by atoms with Gasteiger partial charge in [0.15, 0.2) is 0 Å². The average molecular weight is 375 g/mol. The van der Waals surface area contributed by atoms with Crippen molar-refractivity contribution in [2.24, 2.45) is 0 Å². The van der Waals surface area contributed by atoms with E-state index in [1.54, 1.807) is 23.1 Å². The summed E-state index contributed by atoms with van der Waals surface area (Å²) in [6, 6.07) is 15.6. The number of aromatic nitrogens is 2. The topological polar surface area (TPSA) is 38.1 Å². The molecule has 0 bridgehead atoms. The van der Waals surface area contributed by atoms with Gasteiger partial charge in [-0.2, -0.15) is 5.10 Å². The van der Waals surface area contributed by atoms with Crippen LogP contribution in [0.15, 0.2) is 54.6 Å². The molecule has 0 spiro atoms. The number of amides is 1. The maximum absolute atomic E-state index is 13.1. The Bertz CT molecular complexity index is 1020. The monoisotopic (exact) mass is 375 g/mol. The first-order valence-corrected chi connectivity index (χ1v) is 9.03. The molecule has 28 heavy (non-hydrogen) atoms. The molecule has 0 saturated carbocycles. The Hall–Kier alpha value is -3.39. The lowest BCUT2D eigenvalue weighted by Crippen LogP contribution is -2.31. The second kappa shape index (κ2) is 8.53. The van der Waals surface area contributed by atoms with Gasteiger partial charge in [-0.15, -0.1) is 6.42 Å².